The summed E-state index contributed by atoms with van der Waals surface area (Å²) in [5.74, 6) is 1.69. The Morgan fingerprint density at radius 2 is 2.07 bits per heavy atom. The Balaban J connectivity index is 1.27. The normalized spacial score (nSPS) is 16.0. The molecule has 0 radical (unpaired) electrons. The lowest BCUT2D eigenvalue weighted by molar-refractivity contribution is 0.190. The molecule has 5 nitrogen and oxygen atoms in total. The molecule has 0 aliphatic carbocycles. The molecule has 0 N–H and O–H groups in total. The molecular formula is C24H26ClN3O2. The third kappa shape index (κ3) is 3.92. The third-order valence-electron chi connectivity index (χ3n) is 5.74. The minimum Gasteiger partial charge on any atom is -0.489 e. The monoisotopic (exact) mass is 423 g/mol. The first-order chi connectivity index (χ1) is 14.7. The third-order valence-corrected chi connectivity index (χ3v) is 6.02. The lowest BCUT2D eigenvalue weighted by Gasteiger charge is -2.32. The van der Waals surface area contributed by atoms with Crippen molar-refractivity contribution in [2.75, 3.05) is 26.2 Å². The Morgan fingerprint density at radius 3 is 2.87 bits per heavy atom. The quantitative estimate of drug-likeness (QED) is 0.526. The topological polar surface area (TPSA) is 39.5 Å². The first-order valence-electron chi connectivity index (χ1n) is 10.7. The second-order valence-electron chi connectivity index (χ2n) is 8.07. The van der Waals surface area contributed by atoms with E-state index in [1.807, 2.05) is 16.8 Å². The van der Waals surface area contributed by atoms with E-state index in [2.05, 4.69) is 47.3 Å². The summed E-state index contributed by atoms with van der Waals surface area (Å²) < 4.78 is 14.0. The van der Waals surface area contributed by atoms with Crippen LogP contribution < -0.4 is 9.47 Å². The van der Waals surface area contributed by atoms with Crippen LogP contribution in [-0.2, 0) is 13.2 Å². The van der Waals surface area contributed by atoms with Gasteiger partial charge in [0.05, 0.1) is 5.52 Å². The Kier molecular flexibility index (Phi) is 5.40. The van der Waals surface area contributed by atoms with Crippen LogP contribution in [0.2, 0.25) is 5.15 Å². The Morgan fingerprint density at radius 1 is 1.17 bits per heavy atom. The highest BCUT2D eigenvalue weighted by atomic mass is 35.5. The molecular weight excluding hydrogens is 398 g/mol. The fraction of sp³-hybridized carbons (Fsp3) is 0.375. The van der Waals surface area contributed by atoms with Gasteiger partial charge in [-0.3, -0.25) is 9.58 Å². The molecule has 30 heavy (non-hydrogen) atoms. The Hall–Kier alpha value is -2.50. The van der Waals surface area contributed by atoms with Gasteiger partial charge in [-0.25, -0.2) is 0 Å². The van der Waals surface area contributed by atoms with E-state index in [1.165, 1.54) is 25.1 Å². The van der Waals surface area contributed by atoms with Crippen LogP contribution in [0.5, 0.6) is 11.5 Å². The SMILES string of the molecule is CCCn1nc(Cl)c2cc(COc3ccc4c(c3)OCC(CN3CCC3)=C4)ccc21. The van der Waals surface area contributed by atoms with Crippen LogP contribution in [0.1, 0.15) is 30.9 Å². The van der Waals surface area contributed by atoms with Gasteiger partial charge in [-0.1, -0.05) is 24.6 Å². The second-order valence-corrected chi connectivity index (χ2v) is 8.43. The molecule has 6 heteroatoms. The van der Waals surface area contributed by atoms with Gasteiger partial charge in [0, 0.05) is 30.1 Å². The molecule has 0 atom stereocenters. The van der Waals surface area contributed by atoms with Crippen molar-refractivity contribution >= 4 is 28.6 Å². The van der Waals surface area contributed by atoms with E-state index >= 15 is 0 Å². The first kappa shape index (κ1) is 19.5. The van der Waals surface area contributed by atoms with Gasteiger partial charge in [-0.2, -0.15) is 5.10 Å². The zero-order valence-corrected chi connectivity index (χ0v) is 18.0. The number of hydrogen-bond donors (Lipinski definition) is 0. The van der Waals surface area contributed by atoms with E-state index < -0.39 is 0 Å². The summed E-state index contributed by atoms with van der Waals surface area (Å²) >= 11 is 6.34. The molecule has 2 aromatic carbocycles. The zero-order chi connectivity index (χ0) is 20.5. The average molecular weight is 424 g/mol. The fourth-order valence-electron chi connectivity index (χ4n) is 4.03. The lowest BCUT2D eigenvalue weighted by atomic mass is 10.1. The van der Waals surface area contributed by atoms with Crippen molar-refractivity contribution in [3.05, 3.63) is 58.3 Å². The predicted molar refractivity (Wildman–Crippen MR) is 120 cm³/mol. The molecule has 3 heterocycles. The Labute approximate surface area is 181 Å². The molecule has 3 aromatic rings. The number of aromatic nitrogens is 2. The number of ether oxygens (including phenoxy) is 2. The smallest absolute Gasteiger partial charge is 0.158 e. The number of fused-ring (bicyclic) bond motifs is 2. The molecule has 1 aromatic heterocycles. The molecule has 1 fully saturated rings. The number of nitrogens with zero attached hydrogens (tertiary/aromatic N) is 3. The van der Waals surface area contributed by atoms with Crippen LogP contribution in [0.4, 0.5) is 0 Å². The van der Waals surface area contributed by atoms with Crippen LogP contribution in [0.15, 0.2) is 42.0 Å². The maximum absolute atomic E-state index is 6.34. The van der Waals surface area contributed by atoms with Gasteiger partial charge in [-0.15, -0.1) is 0 Å². The molecule has 0 amide bonds. The van der Waals surface area contributed by atoms with Crippen molar-refractivity contribution in [3.8, 4) is 11.5 Å². The maximum Gasteiger partial charge on any atom is 0.158 e. The number of hydrogen-bond acceptors (Lipinski definition) is 4. The van der Waals surface area contributed by atoms with Gasteiger partial charge in [0.1, 0.15) is 24.7 Å². The molecule has 2 aliphatic heterocycles. The summed E-state index contributed by atoms with van der Waals surface area (Å²) in [4.78, 5) is 2.45. The minimum atomic E-state index is 0.472. The van der Waals surface area contributed by atoms with Gasteiger partial charge in [0.2, 0.25) is 0 Å². The van der Waals surface area contributed by atoms with Crippen molar-refractivity contribution in [3.63, 3.8) is 0 Å². The molecule has 0 spiro atoms. The predicted octanol–water partition coefficient (Wildman–Crippen LogP) is 5.16. The number of aryl methyl sites for hydroxylation is 1. The van der Waals surface area contributed by atoms with Crippen molar-refractivity contribution in [1.29, 1.82) is 0 Å². The maximum atomic E-state index is 6.34. The van der Waals surface area contributed by atoms with E-state index in [0.29, 0.717) is 18.4 Å². The highest BCUT2D eigenvalue weighted by Gasteiger charge is 2.18. The molecule has 0 unspecified atom stereocenters. The molecule has 0 bridgehead atoms. The average Bonchev–Trinajstić information content (AvgIpc) is 3.04. The van der Waals surface area contributed by atoms with Gasteiger partial charge in [-0.05, 0) is 67.4 Å². The van der Waals surface area contributed by atoms with E-state index in [-0.39, 0.29) is 0 Å². The molecule has 5 rings (SSSR count). The van der Waals surface area contributed by atoms with Crippen LogP contribution in [0.3, 0.4) is 0 Å². The van der Waals surface area contributed by atoms with E-state index in [0.717, 1.165) is 53.0 Å². The zero-order valence-electron chi connectivity index (χ0n) is 17.2. The highest BCUT2D eigenvalue weighted by Crippen LogP contribution is 2.32. The summed E-state index contributed by atoms with van der Waals surface area (Å²) in [6, 6.07) is 12.3. The Bertz CT molecular complexity index is 1100. The molecule has 2 aliphatic rings. The van der Waals surface area contributed by atoms with E-state index in [1.54, 1.807) is 0 Å². The first-order valence-corrected chi connectivity index (χ1v) is 11.0. The highest BCUT2D eigenvalue weighted by molar-refractivity contribution is 6.34. The number of rotatable bonds is 7. The number of halogens is 1. The summed E-state index contributed by atoms with van der Waals surface area (Å²) in [6.45, 7) is 7.54. The van der Waals surface area contributed by atoms with Gasteiger partial charge >= 0.3 is 0 Å². The summed E-state index contributed by atoms with van der Waals surface area (Å²) in [7, 11) is 0. The second kappa shape index (κ2) is 8.32. The van der Waals surface area contributed by atoms with Crippen LogP contribution in [0, 0.1) is 0 Å². The molecule has 1 saturated heterocycles. The largest absolute Gasteiger partial charge is 0.489 e. The van der Waals surface area contributed by atoms with Crippen molar-refractivity contribution < 1.29 is 9.47 Å². The summed E-state index contributed by atoms with van der Waals surface area (Å²) in [5.41, 5.74) is 4.59. The fourth-order valence-corrected chi connectivity index (χ4v) is 4.27. The van der Waals surface area contributed by atoms with E-state index in [9.17, 15) is 0 Å². The van der Waals surface area contributed by atoms with Crippen molar-refractivity contribution in [1.82, 2.24) is 14.7 Å². The molecule has 156 valence electrons. The van der Waals surface area contributed by atoms with Gasteiger partial charge in [0.25, 0.3) is 0 Å². The van der Waals surface area contributed by atoms with Crippen molar-refractivity contribution in [2.45, 2.75) is 32.9 Å². The van der Waals surface area contributed by atoms with Crippen LogP contribution in [0.25, 0.3) is 17.0 Å². The van der Waals surface area contributed by atoms with Gasteiger partial charge < -0.3 is 9.47 Å². The number of benzene rings is 2. The summed E-state index contributed by atoms with van der Waals surface area (Å²) in [6.07, 6.45) is 4.59. The molecule has 0 saturated carbocycles. The number of likely N-dealkylation sites (tertiary alicyclic amines) is 1. The summed E-state index contributed by atoms with van der Waals surface area (Å²) in [5, 5.41) is 5.95. The van der Waals surface area contributed by atoms with E-state index in [4.69, 9.17) is 21.1 Å². The lowest BCUT2D eigenvalue weighted by Crippen LogP contribution is -2.39. The minimum absolute atomic E-state index is 0.472. The van der Waals surface area contributed by atoms with Gasteiger partial charge in [0.15, 0.2) is 5.15 Å². The van der Waals surface area contributed by atoms with Crippen LogP contribution in [-0.4, -0.2) is 40.9 Å². The standard InChI is InChI=1S/C24H26ClN3O2/c1-2-8-28-22-7-4-17(12-21(22)24(25)26-28)15-29-20-6-5-19-11-18(14-27-9-3-10-27)16-30-23(19)13-20/h4-7,11-13H,2-3,8-10,14-16H2,1H3. The van der Waals surface area contributed by atoms with Crippen LogP contribution >= 0.6 is 11.6 Å². The van der Waals surface area contributed by atoms with Crippen molar-refractivity contribution in [2.24, 2.45) is 0 Å².